The first-order valence-corrected chi connectivity index (χ1v) is 16.6. The first kappa shape index (κ1) is 31.7. The molecule has 1 nitrogen and oxygen atoms in total. The molecule has 0 aromatic heterocycles. The van der Waals surface area contributed by atoms with Crippen molar-refractivity contribution < 1.29 is 0 Å². The Morgan fingerprint density at radius 2 is 0.784 bits per heavy atom. The molecule has 37 heavy (non-hydrogen) atoms. The van der Waals surface area contributed by atoms with Gasteiger partial charge in [-0.2, -0.15) is 0 Å². The third kappa shape index (κ3) is 15.5. The SMILES string of the molecule is CCCCCCCCCCCCCN(CCCCCCCCCCCCC)c1ccc2ccccc2c1. The Kier molecular flexibility index (Phi) is 19.3. The lowest BCUT2D eigenvalue weighted by atomic mass is 10.0. The molecule has 0 N–H and O–H groups in total. The third-order valence-electron chi connectivity index (χ3n) is 8.16. The summed E-state index contributed by atoms with van der Waals surface area (Å²) in [6, 6.07) is 15.9. The normalized spacial score (nSPS) is 11.4. The zero-order valence-corrected chi connectivity index (χ0v) is 25.0. The lowest BCUT2D eigenvalue weighted by molar-refractivity contribution is 0.538. The summed E-state index contributed by atoms with van der Waals surface area (Å²) < 4.78 is 0. The largest absolute Gasteiger partial charge is 0.372 e. The van der Waals surface area contributed by atoms with Crippen molar-refractivity contribution >= 4 is 16.5 Å². The number of hydrogen-bond acceptors (Lipinski definition) is 1. The number of anilines is 1. The van der Waals surface area contributed by atoms with E-state index in [0.717, 1.165) is 0 Å². The van der Waals surface area contributed by atoms with E-state index in [4.69, 9.17) is 0 Å². The Morgan fingerprint density at radius 3 is 1.22 bits per heavy atom. The maximum atomic E-state index is 2.69. The fraction of sp³-hybridized carbons (Fsp3) is 0.722. The van der Waals surface area contributed by atoms with E-state index in [0.29, 0.717) is 0 Å². The van der Waals surface area contributed by atoms with Gasteiger partial charge in [0.2, 0.25) is 0 Å². The molecule has 0 radical (unpaired) electrons. The molecule has 0 fully saturated rings. The Hall–Kier alpha value is -1.50. The summed E-state index contributed by atoms with van der Waals surface area (Å²) in [4.78, 5) is 2.69. The van der Waals surface area contributed by atoms with Crippen LogP contribution in [-0.2, 0) is 0 Å². The van der Waals surface area contributed by atoms with Gasteiger partial charge >= 0.3 is 0 Å². The molecule has 2 aromatic rings. The molecule has 0 aliphatic rings. The van der Waals surface area contributed by atoms with Crippen LogP contribution in [-0.4, -0.2) is 13.1 Å². The molecule has 210 valence electrons. The standard InChI is InChI=1S/C36H61N/c1-3-5-7-9-11-13-15-17-19-21-25-31-37(36-30-29-34-27-23-24-28-35(34)33-36)32-26-22-20-18-16-14-12-10-8-6-4-2/h23-24,27-30,33H,3-22,25-26,31-32H2,1-2H3. The molecule has 0 unspecified atom stereocenters. The summed E-state index contributed by atoms with van der Waals surface area (Å²) in [7, 11) is 0. The second kappa shape index (κ2) is 22.5. The molecule has 2 rings (SSSR count). The minimum Gasteiger partial charge on any atom is -0.372 e. The number of nitrogens with zero attached hydrogens (tertiary/aromatic N) is 1. The minimum atomic E-state index is 1.22. The van der Waals surface area contributed by atoms with E-state index < -0.39 is 0 Å². The van der Waals surface area contributed by atoms with Gasteiger partial charge in [-0.15, -0.1) is 0 Å². The van der Waals surface area contributed by atoms with Gasteiger partial charge in [0.25, 0.3) is 0 Å². The Morgan fingerprint density at radius 1 is 0.405 bits per heavy atom. The van der Waals surface area contributed by atoms with Crippen LogP contribution in [0.2, 0.25) is 0 Å². The highest BCUT2D eigenvalue weighted by atomic mass is 15.1. The van der Waals surface area contributed by atoms with Crippen LogP contribution in [0.4, 0.5) is 5.69 Å². The maximum absolute atomic E-state index is 2.69. The van der Waals surface area contributed by atoms with Crippen molar-refractivity contribution in [3.63, 3.8) is 0 Å². The lowest BCUT2D eigenvalue weighted by Gasteiger charge is -2.25. The van der Waals surface area contributed by atoms with Crippen LogP contribution in [0.3, 0.4) is 0 Å². The van der Waals surface area contributed by atoms with E-state index >= 15 is 0 Å². The molecule has 0 atom stereocenters. The molecule has 2 aromatic carbocycles. The van der Waals surface area contributed by atoms with Gasteiger partial charge in [-0.1, -0.05) is 173 Å². The summed E-state index contributed by atoms with van der Waals surface area (Å²) in [5.41, 5.74) is 1.43. The highest BCUT2D eigenvalue weighted by molar-refractivity contribution is 5.85. The molecule has 0 saturated carbocycles. The van der Waals surface area contributed by atoms with E-state index in [9.17, 15) is 0 Å². The molecule has 0 heterocycles. The molecular weight excluding hydrogens is 446 g/mol. The second-order valence-corrected chi connectivity index (χ2v) is 11.6. The van der Waals surface area contributed by atoms with Crippen LogP contribution in [0.15, 0.2) is 42.5 Å². The fourth-order valence-corrected chi connectivity index (χ4v) is 5.68. The number of rotatable bonds is 25. The topological polar surface area (TPSA) is 3.24 Å². The van der Waals surface area contributed by atoms with Crippen molar-refractivity contribution in [1.29, 1.82) is 0 Å². The molecule has 0 aliphatic carbocycles. The molecule has 0 saturated heterocycles. The summed E-state index contributed by atoms with van der Waals surface area (Å²) in [5, 5.41) is 2.73. The summed E-state index contributed by atoms with van der Waals surface area (Å²) in [6.07, 6.45) is 31.2. The number of fused-ring (bicyclic) bond motifs is 1. The average Bonchev–Trinajstić information content (AvgIpc) is 2.93. The van der Waals surface area contributed by atoms with Gasteiger partial charge in [0, 0.05) is 18.8 Å². The summed E-state index contributed by atoms with van der Waals surface area (Å²) in [5.74, 6) is 0. The number of hydrogen-bond donors (Lipinski definition) is 0. The zero-order valence-electron chi connectivity index (χ0n) is 25.0. The van der Waals surface area contributed by atoms with Crippen molar-refractivity contribution in [2.75, 3.05) is 18.0 Å². The fourth-order valence-electron chi connectivity index (χ4n) is 5.68. The number of benzene rings is 2. The van der Waals surface area contributed by atoms with E-state index in [-0.39, 0.29) is 0 Å². The predicted molar refractivity (Wildman–Crippen MR) is 169 cm³/mol. The lowest BCUT2D eigenvalue weighted by Crippen LogP contribution is -2.25. The summed E-state index contributed by atoms with van der Waals surface area (Å²) in [6.45, 7) is 7.04. The first-order chi connectivity index (χ1) is 18.3. The van der Waals surface area contributed by atoms with Gasteiger partial charge in [-0.3, -0.25) is 0 Å². The summed E-state index contributed by atoms with van der Waals surface area (Å²) >= 11 is 0. The predicted octanol–water partition coefficient (Wildman–Crippen LogP) is 12.3. The van der Waals surface area contributed by atoms with Crippen LogP contribution < -0.4 is 4.90 Å². The second-order valence-electron chi connectivity index (χ2n) is 11.6. The van der Waals surface area contributed by atoms with Gasteiger partial charge in [0.15, 0.2) is 0 Å². The van der Waals surface area contributed by atoms with Crippen LogP contribution >= 0.6 is 0 Å². The average molecular weight is 508 g/mol. The Bertz CT molecular complexity index is 740. The van der Waals surface area contributed by atoms with Crippen molar-refractivity contribution in [1.82, 2.24) is 0 Å². The van der Waals surface area contributed by atoms with Gasteiger partial charge < -0.3 is 4.90 Å². The molecule has 0 amide bonds. The van der Waals surface area contributed by atoms with E-state index in [1.54, 1.807) is 0 Å². The van der Waals surface area contributed by atoms with Gasteiger partial charge in [-0.05, 0) is 35.7 Å². The monoisotopic (exact) mass is 507 g/mol. The van der Waals surface area contributed by atoms with E-state index in [1.807, 2.05) is 0 Å². The minimum absolute atomic E-state index is 1.22. The smallest absolute Gasteiger partial charge is 0.0372 e. The quantitative estimate of drug-likeness (QED) is 0.121. The Labute approximate surface area is 231 Å². The number of unbranched alkanes of at least 4 members (excludes halogenated alkanes) is 20. The first-order valence-electron chi connectivity index (χ1n) is 16.6. The third-order valence-corrected chi connectivity index (χ3v) is 8.16. The molecule has 0 spiro atoms. The maximum Gasteiger partial charge on any atom is 0.0372 e. The highest BCUT2D eigenvalue weighted by Gasteiger charge is 2.08. The van der Waals surface area contributed by atoms with Crippen molar-refractivity contribution in [2.24, 2.45) is 0 Å². The van der Waals surface area contributed by atoms with Crippen molar-refractivity contribution in [3.8, 4) is 0 Å². The molecular formula is C36H61N. The Balaban J connectivity index is 1.65. The van der Waals surface area contributed by atoms with Gasteiger partial charge in [-0.25, -0.2) is 0 Å². The highest BCUT2D eigenvalue weighted by Crippen LogP contribution is 2.24. The molecule has 1 heteroatoms. The zero-order chi connectivity index (χ0) is 26.2. The van der Waals surface area contributed by atoms with Crippen molar-refractivity contribution in [3.05, 3.63) is 42.5 Å². The van der Waals surface area contributed by atoms with E-state index in [2.05, 4.69) is 61.2 Å². The molecule has 0 bridgehead atoms. The van der Waals surface area contributed by atoms with Crippen LogP contribution in [0, 0.1) is 0 Å². The van der Waals surface area contributed by atoms with Gasteiger partial charge in [0.05, 0.1) is 0 Å². The van der Waals surface area contributed by atoms with Gasteiger partial charge in [0.1, 0.15) is 0 Å². The van der Waals surface area contributed by atoms with Crippen LogP contribution in [0.25, 0.3) is 10.8 Å². The van der Waals surface area contributed by atoms with Crippen LogP contribution in [0.1, 0.15) is 155 Å². The van der Waals surface area contributed by atoms with E-state index in [1.165, 1.54) is 171 Å². The van der Waals surface area contributed by atoms with Crippen LogP contribution in [0.5, 0.6) is 0 Å². The van der Waals surface area contributed by atoms with Crippen molar-refractivity contribution in [2.45, 2.75) is 155 Å². The molecule has 0 aliphatic heterocycles.